The molecular weight excluding hydrogens is 320 g/mol. The van der Waals surface area contributed by atoms with Gasteiger partial charge in [0.2, 0.25) is 5.91 Å². The summed E-state index contributed by atoms with van der Waals surface area (Å²) in [5.41, 5.74) is 2.36. The quantitative estimate of drug-likeness (QED) is 0.623. The Bertz CT molecular complexity index is 767. The highest BCUT2D eigenvalue weighted by atomic mass is 16.5. The van der Waals surface area contributed by atoms with E-state index in [1.165, 1.54) is 14.0 Å². The molecule has 2 N–H and O–H groups in total. The molecule has 2 rings (SSSR count). The molecule has 2 aromatic rings. The maximum atomic E-state index is 12.2. The number of ether oxygens (including phenoxy) is 1. The Kier molecular flexibility index (Phi) is 5.89. The standard InChI is InChI=1S/C19H20N2O4/c1-12(20-16-10-6-15(7-11-16)19(24)25-3)18(23)21-17-8-4-14(5-9-17)13(2)22/h4-12,20H,1-3H3,(H,21,23)/t12-/m0/s1. The minimum absolute atomic E-state index is 0.0247. The third-order valence-corrected chi connectivity index (χ3v) is 3.64. The summed E-state index contributed by atoms with van der Waals surface area (Å²) in [7, 11) is 1.32. The van der Waals surface area contributed by atoms with E-state index in [-0.39, 0.29) is 11.7 Å². The number of carbonyl (C=O) groups is 3. The van der Waals surface area contributed by atoms with Crippen LogP contribution in [0.25, 0.3) is 0 Å². The summed E-state index contributed by atoms with van der Waals surface area (Å²) in [4.78, 5) is 34.9. The van der Waals surface area contributed by atoms with Crippen molar-refractivity contribution in [3.63, 3.8) is 0 Å². The van der Waals surface area contributed by atoms with Gasteiger partial charge in [-0.15, -0.1) is 0 Å². The van der Waals surface area contributed by atoms with Crippen LogP contribution in [0.2, 0.25) is 0 Å². The van der Waals surface area contributed by atoms with E-state index >= 15 is 0 Å². The Balaban J connectivity index is 1.95. The van der Waals surface area contributed by atoms with Crippen LogP contribution < -0.4 is 10.6 Å². The van der Waals surface area contributed by atoms with E-state index in [2.05, 4.69) is 15.4 Å². The first-order chi connectivity index (χ1) is 11.9. The average Bonchev–Trinajstić information content (AvgIpc) is 2.62. The second-order valence-corrected chi connectivity index (χ2v) is 5.56. The number of nitrogens with one attached hydrogen (secondary N) is 2. The first-order valence-corrected chi connectivity index (χ1v) is 7.77. The predicted octanol–water partition coefficient (Wildman–Crippen LogP) is 3.11. The van der Waals surface area contributed by atoms with Crippen molar-refractivity contribution in [1.29, 1.82) is 0 Å². The molecule has 0 aliphatic heterocycles. The van der Waals surface area contributed by atoms with Gasteiger partial charge in [-0.1, -0.05) is 0 Å². The Labute approximate surface area is 146 Å². The third kappa shape index (κ3) is 4.91. The van der Waals surface area contributed by atoms with Gasteiger partial charge in [-0.25, -0.2) is 4.79 Å². The summed E-state index contributed by atoms with van der Waals surface area (Å²) in [5, 5.41) is 5.84. The van der Waals surface area contributed by atoms with E-state index in [0.717, 1.165) is 0 Å². The number of anilines is 2. The van der Waals surface area contributed by atoms with Crippen LogP contribution in [-0.2, 0) is 9.53 Å². The highest BCUT2D eigenvalue weighted by Gasteiger charge is 2.13. The second-order valence-electron chi connectivity index (χ2n) is 5.56. The maximum absolute atomic E-state index is 12.2. The number of Topliss-reactive ketones (excluding diaryl/α,β-unsaturated/α-hetero) is 1. The number of ketones is 1. The molecular formula is C19H20N2O4. The van der Waals surface area contributed by atoms with Crippen LogP contribution in [0.5, 0.6) is 0 Å². The Morgan fingerprint density at radius 2 is 1.40 bits per heavy atom. The summed E-state index contributed by atoms with van der Waals surface area (Å²) in [5.74, 6) is -0.651. The summed E-state index contributed by atoms with van der Waals surface area (Å²) in [6, 6.07) is 12.9. The minimum atomic E-state index is -0.489. The molecule has 0 unspecified atom stereocenters. The van der Waals surface area contributed by atoms with Gasteiger partial charge in [-0.2, -0.15) is 0 Å². The number of hydrogen-bond donors (Lipinski definition) is 2. The molecule has 0 bridgehead atoms. The monoisotopic (exact) mass is 340 g/mol. The second kappa shape index (κ2) is 8.10. The molecule has 0 aliphatic carbocycles. The van der Waals surface area contributed by atoms with Crippen molar-refractivity contribution < 1.29 is 19.1 Å². The van der Waals surface area contributed by atoms with Crippen LogP contribution in [0.3, 0.4) is 0 Å². The summed E-state index contributed by atoms with van der Waals surface area (Å²) in [6.45, 7) is 3.22. The number of methoxy groups -OCH3 is 1. The molecule has 0 saturated carbocycles. The average molecular weight is 340 g/mol. The highest BCUT2D eigenvalue weighted by molar-refractivity contribution is 5.98. The van der Waals surface area contributed by atoms with Crippen molar-refractivity contribution in [2.45, 2.75) is 19.9 Å². The smallest absolute Gasteiger partial charge is 0.337 e. The van der Waals surface area contributed by atoms with Crippen molar-refractivity contribution in [2.75, 3.05) is 17.7 Å². The lowest BCUT2D eigenvalue weighted by Gasteiger charge is -2.15. The topological polar surface area (TPSA) is 84.5 Å². The zero-order valence-electron chi connectivity index (χ0n) is 14.3. The van der Waals surface area contributed by atoms with E-state index in [9.17, 15) is 14.4 Å². The van der Waals surface area contributed by atoms with Gasteiger partial charge in [0.1, 0.15) is 6.04 Å². The van der Waals surface area contributed by atoms with Crippen molar-refractivity contribution in [2.24, 2.45) is 0 Å². The molecule has 0 aliphatic rings. The zero-order chi connectivity index (χ0) is 18.4. The minimum Gasteiger partial charge on any atom is -0.465 e. The summed E-state index contributed by atoms with van der Waals surface area (Å²) >= 11 is 0. The summed E-state index contributed by atoms with van der Waals surface area (Å²) < 4.78 is 4.64. The van der Waals surface area contributed by atoms with Crippen molar-refractivity contribution >= 4 is 29.0 Å². The maximum Gasteiger partial charge on any atom is 0.337 e. The molecule has 6 nitrogen and oxygen atoms in total. The number of carbonyl (C=O) groups excluding carboxylic acids is 3. The highest BCUT2D eigenvalue weighted by Crippen LogP contribution is 2.14. The van der Waals surface area contributed by atoms with Crippen LogP contribution in [0.1, 0.15) is 34.6 Å². The largest absolute Gasteiger partial charge is 0.465 e. The molecule has 0 fully saturated rings. The molecule has 2 aromatic carbocycles. The fourth-order valence-electron chi connectivity index (χ4n) is 2.17. The van der Waals surface area contributed by atoms with Crippen LogP contribution in [0.15, 0.2) is 48.5 Å². The lowest BCUT2D eigenvalue weighted by Crippen LogP contribution is -2.31. The first-order valence-electron chi connectivity index (χ1n) is 7.77. The van der Waals surface area contributed by atoms with Crippen LogP contribution >= 0.6 is 0 Å². The number of benzene rings is 2. The first kappa shape index (κ1) is 18.2. The predicted molar refractivity (Wildman–Crippen MR) is 95.9 cm³/mol. The normalized spacial score (nSPS) is 11.3. The van der Waals surface area contributed by atoms with Gasteiger partial charge in [0.15, 0.2) is 5.78 Å². The van der Waals surface area contributed by atoms with Gasteiger partial charge >= 0.3 is 5.97 Å². The van der Waals surface area contributed by atoms with Gasteiger partial charge in [-0.05, 0) is 62.4 Å². The van der Waals surface area contributed by atoms with Gasteiger partial charge in [0, 0.05) is 16.9 Å². The molecule has 130 valence electrons. The fraction of sp³-hybridized carbons (Fsp3) is 0.211. The molecule has 0 heterocycles. The molecule has 0 radical (unpaired) electrons. The van der Waals surface area contributed by atoms with Gasteiger partial charge in [0.25, 0.3) is 0 Å². The number of esters is 1. The number of amides is 1. The van der Waals surface area contributed by atoms with Gasteiger partial charge < -0.3 is 15.4 Å². The van der Waals surface area contributed by atoms with Crippen LogP contribution in [0.4, 0.5) is 11.4 Å². The molecule has 6 heteroatoms. The van der Waals surface area contributed by atoms with Gasteiger partial charge in [-0.3, -0.25) is 9.59 Å². The van der Waals surface area contributed by atoms with E-state index in [4.69, 9.17) is 0 Å². The lowest BCUT2D eigenvalue weighted by molar-refractivity contribution is -0.116. The molecule has 1 atom stereocenters. The van der Waals surface area contributed by atoms with Gasteiger partial charge in [0.05, 0.1) is 12.7 Å². The van der Waals surface area contributed by atoms with Crippen molar-refractivity contribution in [1.82, 2.24) is 0 Å². The zero-order valence-corrected chi connectivity index (χ0v) is 14.3. The lowest BCUT2D eigenvalue weighted by atomic mass is 10.1. The third-order valence-electron chi connectivity index (χ3n) is 3.64. The molecule has 0 saturated heterocycles. The Morgan fingerprint density at radius 3 is 1.92 bits per heavy atom. The van der Waals surface area contributed by atoms with Crippen molar-refractivity contribution in [3.05, 3.63) is 59.7 Å². The van der Waals surface area contributed by atoms with E-state index in [1.54, 1.807) is 55.5 Å². The van der Waals surface area contributed by atoms with Crippen molar-refractivity contribution in [3.8, 4) is 0 Å². The number of rotatable bonds is 6. The Hall–Kier alpha value is -3.15. The Morgan fingerprint density at radius 1 is 0.880 bits per heavy atom. The van der Waals surface area contributed by atoms with Crippen LogP contribution in [0, 0.1) is 0 Å². The summed E-state index contributed by atoms with van der Waals surface area (Å²) in [6.07, 6.45) is 0. The van der Waals surface area contributed by atoms with E-state index in [1.807, 2.05) is 0 Å². The van der Waals surface area contributed by atoms with E-state index in [0.29, 0.717) is 22.5 Å². The molecule has 0 aromatic heterocycles. The van der Waals surface area contributed by atoms with E-state index < -0.39 is 12.0 Å². The SMILES string of the molecule is COC(=O)c1ccc(N[C@@H](C)C(=O)Nc2ccc(C(C)=O)cc2)cc1. The van der Waals surface area contributed by atoms with Crippen LogP contribution in [-0.4, -0.2) is 30.8 Å². The molecule has 25 heavy (non-hydrogen) atoms. The fourth-order valence-corrected chi connectivity index (χ4v) is 2.17. The molecule has 1 amide bonds. The number of hydrogen-bond acceptors (Lipinski definition) is 5. The molecule has 0 spiro atoms.